The summed E-state index contributed by atoms with van der Waals surface area (Å²) in [6.07, 6.45) is 2.54. The van der Waals surface area contributed by atoms with E-state index in [9.17, 15) is 14.7 Å². The Bertz CT molecular complexity index is 613. The van der Waals surface area contributed by atoms with Crippen molar-refractivity contribution >= 4 is 23.6 Å². The Balaban J connectivity index is 1.89. The lowest BCUT2D eigenvalue weighted by Gasteiger charge is -2.33. The lowest BCUT2D eigenvalue weighted by Crippen LogP contribution is -2.56. The zero-order valence-electron chi connectivity index (χ0n) is 14.7. The van der Waals surface area contributed by atoms with Gasteiger partial charge < -0.3 is 19.9 Å². The summed E-state index contributed by atoms with van der Waals surface area (Å²) in [7, 11) is 3.20. The van der Waals surface area contributed by atoms with Crippen LogP contribution in [0.5, 0.6) is 11.5 Å². The van der Waals surface area contributed by atoms with Gasteiger partial charge in [0.1, 0.15) is 17.0 Å². The van der Waals surface area contributed by atoms with Gasteiger partial charge in [-0.1, -0.05) is 6.07 Å². The summed E-state index contributed by atoms with van der Waals surface area (Å²) in [5, 5.41) is 12.3. The number of amides is 1. The molecule has 0 spiro atoms. The first kappa shape index (κ1) is 19.4. The average molecular weight is 367 g/mol. The number of aryl methyl sites for hydroxylation is 1. The van der Waals surface area contributed by atoms with Crippen LogP contribution in [0.1, 0.15) is 31.2 Å². The number of benzene rings is 1. The minimum atomic E-state index is -1.10. The molecule has 6 nitrogen and oxygen atoms in total. The van der Waals surface area contributed by atoms with Crippen LogP contribution >= 0.6 is 11.8 Å². The number of nitrogens with one attached hydrogen (secondary N) is 1. The third-order valence-corrected chi connectivity index (χ3v) is 5.46. The molecular weight excluding hydrogens is 342 g/mol. The first-order chi connectivity index (χ1) is 12.0. The fourth-order valence-corrected chi connectivity index (χ4v) is 4.13. The Morgan fingerprint density at radius 1 is 1.24 bits per heavy atom. The summed E-state index contributed by atoms with van der Waals surface area (Å²) in [5.74, 6) is 1.83. The van der Waals surface area contributed by atoms with Gasteiger partial charge in [-0.25, -0.2) is 4.79 Å². The van der Waals surface area contributed by atoms with Gasteiger partial charge in [0.2, 0.25) is 5.91 Å². The van der Waals surface area contributed by atoms with Crippen LogP contribution in [-0.4, -0.2) is 48.2 Å². The summed E-state index contributed by atoms with van der Waals surface area (Å²) in [4.78, 5) is 23.8. The van der Waals surface area contributed by atoms with Crippen molar-refractivity contribution in [1.29, 1.82) is 0 Å². The van der Waals surface area contributed by atoms with Gasteiger partial charge in [0.05, 0.1) is 14.2 Å². The molecule has 2 N–H and O–H groups in total. The van der Waals surface area contributed by atoms with Crippen molar-refractivity contribution in [2.45, 2.75) is 37.6 Å². The van der Waals surface area contributed by atoms with E-state index in [0.29, 0.717) is 25.7 Å². The summed E-state index contributed by atoms with van der Waals surface area (Å²) in [5.41, 5.74) is -0.0988. The monoisotopic (exact) mass is 367 g/mol. The highest BCUT2D eigenvalue weighted by Crippen LogP contribution is 2.28. The second-order valence-electron chi connectivity index (χ2n) is 6.08. The van der Waals surface area contributed by atoms with Gasteiger partial charge in [-0.05, 0) is 48.8 Å². The maximum Gasteiger partial charge on any atom is 0.329 e. The lowest BCUT2D eigenvalue weighted by atomic mass is 9.92. The molecule has 0 bridgehead atoms. The molecule has 1 aromatic carbocycles. The first-order valence-electron chi connectivity index (χ1n) is 8.34. The van der Waals surface area contributed by atoms with Gasteiger partial charge in [0, 0.05) is 12.5 Å². The predicted molar refractivity (Wildman–Crippen MR) is 97.6 cm³/mol. The molecule has 0 aliphatic carbocycles. The van der Waals surface area contributed by atoms with Crippen LogP contribution in [-0.2, 0) is 16.0 Å². The van der Waals surface area contributed by atoms with Crippen LogP contribution in [0, 0.1) is 0 Å². The largest absolute Gasteiger partial charge is 0.497 e. The van der Waals surface area contributed by atoms with E-state index in [2.05, 4.69) is 5.32 Å². The number of carboxylic acids is 1. The Hall–Kier alpha value is -1.89. The van der Waals surface area contributed by atoms with E-state index in [1.54, 1.807) is 26.0 Å². The van der Waals surface area contributed by atoms with Crippen LogP contribution in [0.15, 0.2) is 18.2 Å². The zero-order chi connectivity index (χ0) is 18.3. The van der Waals surface area contributed by atoms with Gasteiger partial charge in [0.15, 0.2) is 0 Å². The zero-order valence-corrected chi connectivity index (χ0v) is 15.5. The number of rotatable bonds is 8. The molecule has 1 heterocycles. The molecule has 0 radical (unpaired) electrons. The fourth-order valence-electron chi connectivity index (χ4n) is 2.94. The number of hydrogen-bond donors (Lipinski definition) is 2. The number of methoxy groups -OCH3 is 2. The highest BCUT2D eigenvalue weighted by molar-refractivity contribution is 7.99. The van der Waals surface area contributed by atoms with Crippen LogP contribution in [0.3, 0.4) is 0 Å². The SMILES string of the molecule is COc1ccc(CCCC(=O)NC2(C(=O)O)CCSCC2)c(OC)c1. The smallest absolute Gasteiger partial charge is 0.329 e. The van der Waals surface area contributed by atoms with Crippen LogP contribution in [0.25, 0.3) is 0 Å². The second kappa shape index (κ2) is 8.99. The van der Waals surface area contributed by atoms with E-state index in [4.69, 9.17) is 9.47 Å². The molecule has 1 saturated heterocycles. The van der Waals surface area contributed by atoms with E-state index in [0.717, 1.165) is 28.6 Å². The molecule has 1 fully saturated rings. The minimum Gasteiger partial charge on any atom is -0.497 e. The normalized spacial score (nSPS) is 16.1. The lowest BCUT2D eigenvalue weighted by molar-refractivity contribution is -0.148. The molecule has 7 heteroatoms. The Labute approximate surface area is 152 Å². The third-order valence-electron chi connectivity index (χ3n) is 4.48. The van der Waals surface area contributed by atoms with Gasteiger partial charge in [-0.2, -0.15) is 11.8 Å². The van der Waals surface area contributed by atoms with Crippen LogP contribution in [0.4, 0.5) is 0 Å². The Morgan fingerprint density at radius 2 is 1.96 bits per heavy atom. The molecule has 1 aromatic rings. The van der Waals surface area contributed by atoms with Gasteiger partial charge >= 0.3 is 5.97 Å². The summed E-state index contributed by atoms with van der Waals surface area (Å²) in [6.45, 7) is 0. The fraction of sp³-hybridized carbons (Fsp3) is 0.556. The highest BCUT2D eigenvalue weighted by Gasteiger charge is 2.41. The molecule has 0 atom stereocenters. The topological polar surface area (TPSA) is 84.9 Å². The standard InChI is InChI=1S/C18H25NO5S/c1-23-14-7-6-13(15(12-14)24-2)4-3-5-16(20)19-18(17(21)22)8-10-25-11-9-18/h6-7,12H,3-5,8-11H2,1-2H3,(H,19,20)(H,21,22). The second-order valence-corrected chi connectivity index (χ2v) is 7.30. The average Bonchev–Trinajstić information content (AvgIpc) is 2.62. The van der Waals surface area contributed by atoms with Crippen LogP contribution < -0.4 is 14.8 Å². The molecular formula is C18H25NO5S. The van der Waals surface area contributed by atoms with E-state index in [1.807, 2.05) is 18.2 Å². The summed E-state index contributed by atoms with van der Waals surface area (Å²) < 4.78 is 10.5. The summed E-state index contributed by atoms with van der Waals surface area (Å²) >= 11 is 1.73. The Morgan fingerprint density at radius 3 is 2.56 bits per heavy atom. The van der Waals surface area contributed by atoms with E-state index >= 15 is 0 Å². The molecule has 138 valence electrons. The number of carbonyl (C=O) groups excluding carboxylic acids is 1. The number of thioether (sulfide) groups is 1. The van der Waals surface area contributed by atoms with Crippen molar-refractivity contribution in [1.82, 2.24) is 5.32 Å². The van der Waals surface area contributed by atoms with Gasteiger partial charge in [0.25, 0.3) is 0 Å². The minimum absolute atomic E-state index is 0.207. The number of aliphatic carboxylic acids is 1. The molecule has 2 rings (SSSR count). The van der Waals surface area contributed by atoms with Crippen molar-refractivity contribution < 1.29 is 24.2 Å². The Kier molecular flexibility index (Phi) is 6.99. The maximum atomic E-state index is 12.2. The van der Waals surface area contributed by atoms with Gasteiger partial charge in [-0.3, -0.25) is 4.79 Å². The van der Waals surface area contributed by atoms with Crippen molar-refractivity contribution in [3.63, 3.8) is 0 Å². The van der Waals surface area contributed by atoms with Gasteiger partial charge in [-0.15, -0.1) is 0 Å². The highest BCUT2D eigenvalue weighted by atomic mass is 32.2. The van der Waals surface area contributed by atoms with Crippen molar-refractivity contribution in [3.8, 4) is 11.5 Å². The molecule has 0 unspecified atom stereocenters. The predicted octanol–water partition coefficient (Wildman–Crippen LogP) is 2.49. The van der Waals surface area contributed by atoms with Crippen molar-refractivity contribution in [2.75, 3.05) is 25.7 Å². The van der Waals surface area contributed by atoms with Crippen molar-refractivity contribution in [2.24, 2.45) is 0 Å². The number of carboxylic acid groups (broad SMARTS) is 1. The molecule has 0 saturated carbocycles. The van der Waals surface area contributed by atoms with E-state index < -0.39 is 11.5 Å². The number of carbonyl (C=O) groups is 2. The molecule has 1 amide bonds. The quantitative estimate of drug-likeness (QED) is 0.734. The summed E-state index contributed by atoms with van der Waals surface area (Å²) in [6, 6.07) is 5.60. The first-order valence-corrected chi connectivity index (χ1v) is 9.49. The molecule has 1 aliphatic rings. The van der Waals surface area contributed by atoms with Crippen LogP contribution in [0.2, 0.25) is 0 Å². The molecule has 25 heavy (non-hydrogen) atoms. The number of ether oxygens (including phenoxy) is 2. The molecule has 0 aromatic heterocycles. The van der Waals surface area contributed by atoms with Crippen molar-refractivity contribution in [3.05, 3.63) is 23.8 Å². The van der Waals surface area contributed by atoms with E-state index in [1.165, 1.54) is 0 Å². The molecule has 1 aliphatic heterocycles. The maximum absolute atomic E-state index is 12.2. The number of hydrogen-bond acceptors (Lipinski definition) is 5. The van der Waals surface area contributed by atoms with E-state index in [-0.39, 0.29) is 12.3 Å². The third kappa shape index (κ3) is 5.04.